The van der Waals surface area contributed by atoms with E-state index < -0.39 is 30.8 Å². The van der Waals surface area contributed by atoms with Crippen LogP contribution in [0.5, 0.6) is 5.88 Å². The van der Waals surface area contributed by atoms with E-state index in [1.807, 2.05) is 37.3 Å². The summed E-state index contributed by atoms with van der Waals surface area (Å²) in [5.41, 5.74) is 4.49. The highest BCUT2D eigenvalue weighted by Gasteiger charge is 2.48. The van der Waals surface area contributed by atoms with Gasteiger partial charge in [-0.25, -0.2) is 4.98 Å². The molecule has 4 heterocycles. The Balaban J connectivity index is 1.35. The van der Waals surface area contributed by atoms with E-state index in [1.54, 1.807) is 6.07 Å². The molecule has 0 saturated carbocycles. The number of fused-ring (bicyclic) bond motifs is 2. The zero-order valence-electron chi connectivity index (χ0n) is 19.3. The second kappa shape index (κ2) is 10.4. The summed E-state index contributed by atoms with van der Waals surface area (Å²) >= 11 is 13.2. The van der Waals surface area contributed by atoms with Gasteiger partial charge in [0.05, 0.1) is 29.4 Å². The van der Waals surface area contributed by atoms with Gasteiger partial charge in [0.25, 0.3) is 0 Å². The van der Waals surface area contributed by atoms with Crippen molar-refractivity contribution in [2.24, 2.45) is 0 Å². The van der Waals surface area contributed by atoms with Gasteiger partial charge in [0.15, 0.2) is 6.10 Å². The molecule has 3 aromatic rings. The van der Waals surface area contributed by atoms with Crippen LogP contribution < -0.4 is 10.1 Å². The fraction of sp³-hybridized carbons (Fsp3) is 0.360. The van der Waals surface area contributed by atoms with Crippen molar-refractivity contribution in [3.63, 3.8) is 0 Å². The van der Waals surface area contributed by atoms with Gasteiger partial charge in [-0.15, -0.1) is 0 Å². The van der Waals surface area contributed by atoms with Crippen molar-refractivity contribution in [1.29, 1.82) is 0 Å². The van der Waals surface area contributed by atoms with Gasteiger partial charge in [-0.05, 0) is 24.1 Å². The highest BCUT2D eigenvalue weighted by Crippen LogP contribution is 2.39. The summed E-state index contributed by atoms with van der Waals surface area (Å²) < 4.78 is 17.3. The molecule has 0 spiro atoms. The van der Waals surface area contributed by atoms with Crippen LogP contribution in [0.3, 0.4) is 0 Å². The molecule has 0 aliphatic carbocycles. The van der Waals surface area contributed by atoms with Gasteiger partial charge in [-0.1, -0.05) is 53.5 Å². The van der Waals surface area contributed by atoms with Crippen molar-refractivity contribution in [3.05, 3.63) is 52.0 Å². The molecule has 0 radical (unpaired) electrons. The van der Waals surface area contributed by atoms with Gasteiger partial charge in [0.1, 0.15) is 35.5 Å². The number of aliphatic hydroxyl groups is 2. The lowest BCUT2D eigenvalue weighted by molar-refractivity contribution is -0.123. The number of aromatic amines is 1. The summed E-state index contributed by atoms with van der Waals surface area (Å²) in [6, 6.07) is 9.46. The van der Waals surface area contributed by atoms with Crippen LogP contribution in [0.25, 0.3) is 27.9 Å². The highest BCUT2D eigenvalue weighted by molar-refractivity contribution is 6.38. The third-order valence-electron chi connectivity index (χ3n) is 6.35. The molecule has 4 atom stereocenters. The van der Waals surface area contributed by atoms with E-state index in [2.05, 4.69) is 10.3 Å². The number of pyridine rings is 1. The first-order chi connectivity index (χ1) is 17.4. The summed E-state index contributed by atoms with van der Waals surface area (Å²) in [5, 5.41) is 22.1. The van der Waals surface area contributed by atoms with Gasteiger partial charge in [-0.3, -0.25) is 4.79 Å². The van der Waals surface area contributed by atoms with E-state index in [-0.39, 0.29) is 19.3 Å². The van der Waals surface area contributed by atoms with Crippen molar-refractivity contribution in [2.45, 2.75) is 31.3 Å². The van der Waals surface area contributed by atoms with E-state index in [4.69, 9.17) is 47.5 Å². The number of benzene rings is 1. The minimum absolute atomic E-state index is 0.213. The number of amides is 1. The molecule has 11 heteroatoms. The Labute approximate surface area is 217 Å². The number of aromatic nitrogens is 2. The van der Waals surface area contributed by atoms with Crippen molar-refractivity contribution < 1.29 is 29.2 Å². The summed E-state index contributed by atoms with van der Waals surface area (Å²) in [4.78, 5) is 19.0. The second-order valence-corrected chi connectivity index (χ2v) is 9.51. The zero-order valence-corrected chi connectivity index (χ0v) is 20.8. The molecule has 36 heavy (non-hydrogen) atoms. The number of allylic oxidation sites excluding steroid dienone is 1. The Bertz CT molecular complexity index is 1310. The highest BCUT2D eigenvalue weighted by atomic mass is 35.5. The standard InChI is InChI=1S/C25H25Cl2N3O6/c1-12(6-7-28-19(33)9-31)13-2-4-14(5-3-13)21-15(26)8-16-22(30-21)20(27)25(29-16)36-18-11-35-23-17(32)10-34-24(18)23/h2-6,8,17-18,23-24,29,31-32H,7,9-11H2,1H3,(H,28,33)/b12-6+/t17-,18-,23-,24-/m1/s1. The van der Waals surface area contributed by atoms with Crippen LogP contribution in [0.4, 0.5) is 0 Å². The molecule has 0 bridgehead atoms. The van der Waals surface area contributed by atoms with E-state index in [0.717, 1.165) is 16.7 Å². The topological polar surface area (TPSA) is 126 Å². The summed E-state index contributed by atoms with van der Waals surface area (Å²) in [7, 11) is 0. The quantitative estimate of drug-likeness (QED) is 0.367. The van der Waals surface area contributed by atoms with Crippen LogP contribution in [0, 0.1) is 0 Å². The maximum atomic E-state index is 11.2. The van der Waals surface area contributed by atoms with E-state index >= 15 is 0 Å². The number of H-pyrrole nitrogens is 1. The first kappa shape index (κ1) is 25.0. The van der Waals surface area contributed by atoms with Crippen molar-refractivity contribution >= 4 is 45.7 Å². The fourth-order valence-corrected chi connectivity index (χ4v) is 4.90. The van der Waals surface area contributed by atoms with Gasteiger partial charge in [0, 0.05) is 12.1 Å². The number of hydrogen-bond donors (Lipinski definition) is 4. The number of halogens is 2. The molecule has 2 aliphatic heterocycles. The predicted molar refractivity (Wildman–Crippen MR) is 135 cm³/mol. The molecule has 1 amide bonds. The van der Waals surface area contributed by atoms with Crippen LogP contribution in [0.2, 0.25) is 10.0 Å². The fourth-order valence-electron chi connectivity index (χ4n) is 4.40. The number of carbonyl (C=O) groups excluding carboxylic acids is 1. The molecule has 2 fully saturated rings. The van der Waals surface area contributed by atoms with E-state index in [1.165, 1.54) is 0 Å². The van der Waals surface area contributed by atoms with Crippen molar-refractivity contribution in [1.82, 2.24) is 15.3 Å². The summed E-state index contributed by atoms with van der Waals surface area (Å²) in [6.45, 7) is 2.23. The Kier molecular flexibility index (Phi) is 7.21. The number of nitrogens with zero attached hydrogens (tertiary/aromatic N) is 1. The monoisotopic (exact) mass is 533 g/mol. The van der Waals surface area contributed by atoms with Gasteiger partial charge in [-0.2, -0.15) is 0 Å². The molecule has 2 saturated heterocycles. The van der Waals surface area contributed by atoms with Gasteiger partial charge >= 0.3 is 0 Å². The van der Waals surface area contributed by atoms with Crippen LogP contribution >= 0.6 is 23.2 Å². The Hall–Kier alpha value is -2.66. The molecule has 9 nitrogen and oxygen atoms in total. The minimum atomic E-state index is -0.664. The first-order valence-electron chi connectivity index (χ1n) is 11.5. The normalized spacial score (nSPS) is 23.8. The predicted octanol–water partition coefficient (Wildman–Crippen LogP) is 2.95. The Morgan fingerprint density at radius 3 is 2.75 bits per heavy atom. The average Bonchev–Trinajstić information content (AvgIpc) is 3.54. The van der Waals surface area contributed by atoms with Crippen LogP contribution in [-0.2, 0) is 14.3 Å². The maximum Gasteiger partial charge on any atom is 0.245 e. The molecular formula is C25H25Cl2N3O6. The van der Waals surface area contributed by atoms with Crippen molar-refractivity contribution in [3.8, 4) is 17.1 Å². The molecule has 190 valence electrons. The minimum Gasteiger partial charge on any atom is -0.469 e. The molecular weight excluding hydrogens is 509 g/mol. The van der Waals surface area contributed by atoms with Crippen LogP contribution in [0.15, 0.2) is 36.4 Å². The van der Waals surface area contributed by atoms with Crippen LogP contribution in [0.1, 0.15) is 12.5 Å². The Morgan fingerprint density at radius 1 is 1.25 bits per heavy atom. The Morgan fingerprint density at radius 2 is 2.00 bits per heavy atom. The lowest BCUT2D eigenvalue weighted by Gasteiger charge is -2.16. The average molecular weight is 534 g/mol. The largest absolute Gasteiger partial charge is 0.469 e. The second-order valence-electron chi connectivity index (χ2n) is 8.73. The number of carbonyl (C=O) groups is 1. The smallest absolute Gasteiger partial charge is 0.245 e. The van der Waals surface area contributed by atoms with Crippen molar-refractivity contribution in [2.75, 3.05) is 26.4 Å². The molecule has 0 unspecified atom stereocenters. The number of ether oxygens (including phenoxy) is 3. The number of hydrogen-bond acceptors (Lipinski definition) is 7. The van der Waals surface area contributed by atoms with Crippen LogP contribution in [-0.4, -0.2) is 76.9 Å². The molecule has 4 N–H and O–H groups in total. The molecule has 2 aromatic heterocycles. The third-order valence-corrected chi connectivity index (χ3v) is 6.99. The molecule has 1 aromatic carbocycles. The van der Waals surface area contributed by atoms with Gasteiger partial charge in [0.2, 0.25) is 11.8 Å². The third kappa shape index (κ3) is 4.82. The number of rotatable bonds is 7. The lowest BCUT2D eigenvalue weighted by atomic mass is 10.0. The lowest BCUT2D eigenvalue weighted by Crippen LogP contribution is -2.34. The molecule has 2 aliphatic rings. The number of aliphatic hydroxyl groups excluding tert-OH is 2. The number of nitrogens with one attached hydrogen (secondary N) is 2. The summed E-state index contributed by atoms with van der Waals surface area (Å²) in [5.74, 6) is -0.0788. The first-order valence-corrected chi connectivity index (χ1v) is 12.2. The van der Waals surface area contributed by atoms with E-state index in [0.29, 0.717) is 39.2 Å². The van der Waals surface area contributed by atoms with E-state index in [9.17, 15) is 9.90 Å². The SMILES string of the molecule is C/C(=C\CNC(=O)CO)c1ccc(-c2nc3c(Cl)c(O[C@@H]4CO[C@H]5[C@@H]4OC[C@H]5O)[nH]c3cc2Cl)cc1. The zero-order chi connectivity index (χ0) is 25.4. The summed E-state index contributed by atoms with van der Waals surface area (Å²) in [6.07, 6.45) is 0.0290. The maximum absolute atomic E-state index is 11.2. The molecule has 5 rings (SSSR count). The van der Waals surface area contributed by atoms with Gasteiger partial charge < -0.3 is 34.7 Å².